The molecule has 0 radical (unpaired) electrons. The number of hydrogen-bond donors (Lipinski definition) is 2. The molecule has 1 heterocycles. The number of ether oxygens (including phenoxy) is 2. The number of methoxy groups -OCH3 is 2. The summed E-state index contributed by atoms with van der Waals surface area (Å²) >= 11 is 0. The van der Waals surface area contributed by atoms with Gasteiger partial charge in [0.25, 0.3) is 0 Å². The standard InChI is InChI=1S/C15H21FN2O3.ClH/c1-20-13-8-14(21-2)12(7-11(13)16)18-15(19)4-3-10-5-6-17-9-10;/h7-8,10,17H,3-6,9H2,1-2H3,(H,18,19);1H. The van der Waals surface area contributed by atoms with Gasteiger partial charge in [-0.05, 0) is 31.8 Å². The molecule has 1 atom stereocenters. The zero-order chi connectivity index (χ0) is 15.2. The van der Waals surface area contributed by atoms with Crippen molar-refractivity contribution in [1.82, 2.24) is 5.32 Å². The fraction of sp³-hybridized carbons (Fsp3) is 0.533. The molecule has 1 unspecified atom stereocenters. The Hall–Kier alpha value is -1.53. The second kappa shape index (κ2) is 8.80. The second-order valence-corrected chi connectivity index (χ2v) is 5.13. The molecule has 0 aromatic heterocycles. The minimum absolute atomic E-state index is 0. The van der Waals surface area contributed by atoms with Gasteiger partial charge in [0.05, 0.1) is 19.9 Å². The van der Waals surface area contributed by atoms with Crippen LogP contribution in [0.1, 0.15) is 19.3 Å². The average Bonchev–Trinajstić information content (AvgIpc) is 2.99. The minimum atomic E-state index is -0.534. The smallest absolute Gasteiger partial charge is 0.224 e. The van der Waals surface area contributed by atoms with Crippen LogP contribution in [0.4, 0.5) is 10.1 Å². The lowest BCUT2D eigenvalue weighted by atomic mass is 10.0. The third-order valence-electron chi connectivity index (χ3n) is 3.69. The molecule has 7 heteroatoms. The lowest BCUT2D eigenvalue weighted by Crippen LogP contribution is -2.15. The number of halogens is 2. The minimum Gasteiger partial charge on any atom is -0.494 e. The first-order valence-corrected chi connectivity index (χ1v) is 7.06. The largest absolute Gasteiger partial charge is 0.494 e. The van der Waals surface area contributed by atoms with Gasteiger partial charge in [-0.25, -0.2) is 4.39 Å². The van der Waals surface area contributed by atoms with Gasteiger partial charge in [0.2, 0.25) is 5.91 Å². The summed E-state index contributed by atoms with van der Waals surface area (Å²) in [5.41, 5.74) is 0.324. The Morgan fingerprint density at radius 2 is 2.09 bits per heavy atom. The zero-order valence-electron chi connectivity index (χ0n) is 12.8. The Labute approximate surface area is 136 Å². The van der Waals surface area contributed by atoms with Gasteiger partial charge in [-0.2, -0.15) is 0 Å². The number of amides is 1. The zero-order valence-corrected chi connectivity index (χ0v) is 13.6. The van der Waals surface area contributed by atoms with Gasteiger partial charge in [0.1, 0.15) is 5.75 Å². The molecule has 124 valence electrons. The molecule has 1 aliphatic rings. The Kier molecular flexibility index (Phi) is 7.41. The van der Waals surface area contributed by atoms with Crippen LogP contribution in [0.5, 0.6) is 11.5 Å². The second-order valence-electron chi connectivity index (χ2n) is 5.13. The lowest BCUT2D eigenvalue weighted by molar-refractivity contribution is -0.116. The average molecular weight is 333 g/mol. The number of nitrogens with one attached hydrogen (secondary N) is 2. The van der Waals surface area contributed by atoms with E-state index in [1.165, 1.54) is 26.4 Å². The van der Waals surface area contributed by atoms with Crippen LogP contribution in [0.3, 0.4) is 0 Å². The molecule has 0 saturated carbocycles. The molecule has 0 aliphatic carbocycles. The molecular formula is C15H22ClFN2O3. The summed E-state index contributed by atoms with van der Waals surface area (Å²) in [5, 5.41) is 5.97. The van der Waals surface area contributed by atoms with Gasteiger partial charge in [0, 0.05) is 18.6 Å². The van der Waals surface area contributed by atoms with Crippen molar-refractivity contribution in [2.24, 2.45) is 5.92 Å². The Bertz CT molecular complexity index is 508. The first-order chi connectivity index (χ1) is 10.1. The molecule has 2 rings (SSSR count). The van der Waals surface area contributed by atoms with Crippen LogP contribution < -0.4 is 20.1 Å². The van der Waals surface area contributed by atoms with E-state index in [-0.39, 0.29) is 24.1 Å². The fourth-order valence-electron chi connectivity index (χ4n) is 2.47. The summed E-state index contributed by atoms with van der Waals surface area (Å²) < 4.78 is 23.7. The van der Waals surface area contributed by atoms with Crippen LogP contribution in [0.15, 0.2) is 12.1 Å². The Balaban J connectivity index is 0.00000242. The van der Waals surface area contributed by atoms with Crippen LogP contribution in [-0.4, -0.2) is 33.2 Å². The molecule has 1 aromatic rings. The molecule has 2 N–H and O–H groups in total. The number of benzene rings is 1. The Morgan fingerprint density at radius 3 is 2.68 bits per heavy atom. The van der Waals surface area contributed by atoms with Gasteiger partial charge >= 0.3 is 0 Å². The SMILES string of the molecule is COc1cc(OC)c(NC(=O)CCC2CCNC2)cc1F.Cl. The summed E-state index contributed by atoms with van der Waals surface area (Å²) in [6.45, 7) is 1.98. The van der Waals surface area contributed by atoms with Gasteiger partial charge in [-0.15, -0.1) is 12.4 Å². The van der Waals surface area contributed by atoms with Crippen LogP contribution >= 0.6 is 12.4 Å². The van der Waals surface area contributed by atoms with Crippen molar-refractivity contribution in [2.45, 2.75) is 19.3 Å². The molecule has 1 fully saturated rings. The monoisotopic (exact) mass is 332 g/mol. The van der Waals surface area contributed by atoms with Crippen molar-refractivity contribution >= 4 is 24.0 Å². The highest BCUT2D eigenvalue weighted by molar-refractivity contribution is 5.92. The van der Waals surface area contributed by atoms with Gasteiger partial charge < -0.3 is 20.1 Å². The van der Waals surface area contributed by atoms with Crippen molar-refractivity contribution in [3.8, 4) is 11.5 Å². The van der Waals surface area contributed by atoms with E-state index in [1.54, 1.807) is 0 Å². The van der Waals surface area contributed by atoms with Crippen LogP contribution in [0, 0.1) is 11.7 Å². The molecule has 1 saturated heterocycles. The van der Waals surface area contributed by atoms with Crippen molar-refractivity contribution in [3.05, 3.63) is 17.9 Å². The van der Waals surface area contributed by atoms with Crippen LogP contribution in [0.25, 0.3) is 0 Å². The topological polar surface area (TPSA) is 59.6 Å². The van der Waals surface area contributed by atoms with E-state index >= 15 is 0 Å². The number of anilines is 1. The quantitative estimate of drug-likeness (QED) is 0.840. The number of carbonyl (C=O) groups is 1. The van der Waals surface area contributed by atoms with Crippen molar-refractivity contribution in [1.29, 1.82) is 0 Å². The third-order valence-corrected chi connectivity index (χ3v) is 3.69. The summed E-state index contributed by atoms with van der Waals surface area (Å²) in [5.74, 6) is 0.342. The van der Waals surface area contributed by atoms with E-state index in [0.717, 1.165) is 25.9 Å². The maximum absolute atomic E-state index is 13.7. The van der Waals surface area contributed by atoms with Crippen molar-refractivity contribution in [2.75, 3.05) is 32.6 Å². The molecule has 0 bridgehead atoms. The number of hydrogen-bond acceptors (Lipinski definition) is 4. The third kappa shape index (κ3) is 4.74. The number of rotatable bonds is 6. The van der Waals surface area contributed by atoms with Crippen LogP contribution in [-0.2, 0) is 4.79 Å². The van der Waals surface area contributed by atoms with E-state index in [1.807, 2.05) is 0 Å². The Morgan fingerprint density at radius 1 is 1.36 bits per heavy atom. The fourth-order valence-corrected chi connectivity index (χ4v) is 2.47. The summed E-state index contributed by atoms with van der Waals surface area (Å²) in [4.78, 5) is 12.0. The molecule has 0 spiro atoms. The van der Waals surface area contributed by atoms with Crippen molar-refractivity contribution < 1.29 is 18.7 Å². The summed E-state index contributed by atoms with van der Waals surface area (Å²) in [6, 6.07) is 2.64. The van der Waals surface area contributed by atoms with E-state index in [9.17, 15) is 9.18 Å². The molecule has 22 heavy (non-hydrogen) atoms. The first-order valence-electron chi connectivity index (χ1n) is 7.06. The summed E-state index contributed by atoms with van der Waals surface area (Å²) in [7, 11) is 2.85. The van der Waals surface area contributed by atoms with Crippen molar-refractivity contribution in [3.63, 3.8) is 0 Å². The molecule has 5 nitrogen and oxygen atoms in total. The lowest BCUT2D eigenvalue weighted by Gasteiger charge is -2.13. The van der Waals surface area contributed by atoms with Crippen LogP contribution in [0.2, 0.25) is 0 Å². The van der Waals surface area contributed by atoms with Gasteiger partial charge in [-0.3, -0.25) is 4.79 Å². The molecular weight excluding hydrogens is 311 g/mol. The molecule has 1 aromatic carbocycles. The highest BCUT2D eigenvalue weighted by Gasteiger charge is 2.17. The predicted octanol–water partition coefficient (Wildman–Crippen LogP) is 2.59. The summed E-state index contributed by atoms with van der Waals surface area (Å²) in [6.07, 6.45) is 2.36. The van der Waals surface area contributed by atoms with E-state index in [4.69, 9.17) is 9.47 Å². The van der Waals surface area contributed by atoms with E-state index < -0.39 is 5.82 Å². The molecule has 1 amide bonds. The highest BCUT2D eigenvalue weighted by Crippen LogP contribution is 2.32. The van der Waals surface area contributed by atoms with E-state index in [2.05, 4.69) is 10.6 Å². The van der Waals surface area contributed by atoms with E-state index in [0.29, 0.717) is 23.8 Å². The van der Waals surface area contributed by atoms with Gasteiger partial charge in [0.15, 0.2) is 11.6 Å². The molecule has 1 aliphatic heterocycles. The number of carbonyl (C=O) groups excluding carboxylic acids is 1. The van der Waals surface area contributed by atoms with Gasteiger partial charge in [-0.1, -0.05) is 0 Å². The maximum Gasteiger partial charge on any atom is 0.224 e. The first kappa shape index (κ1) is 18.5. The maximum atomic E-state index is 13.7. The highest BCUT2D eigenvalue weighted by atomic mass is 35.5. The normalized spacial score (nSPS) is 16.8. The predicted molar refractivity (Wildman–Crippen MR) is 85.6 cm³/mol.